The van der Waals surface area contributed by atoms with Crippen molar-refractivity contribution in [2.24, 2.45) is 0 Å². The van der Waals surface area contributed by atoms with Crippen molar-refractivity contribution in [1.82, 2.24) is 25.3 Å². The quantitative estimate of drug-likeness (QED) is 0.865. The minimum atomic E-state index is -0.0505. The van der Waals surface area contributed by atoms with Crippen molar-refractivity contribution in [3.8, 4) is 11.3 Å². The van der Waals surface area contributed by atoms with Gasteiger partial charge in [-0.3, -0.25) is 19.6 Å². The summed E-state index contributed by atoms with van der Waals surface area (Å²) >= 11 is 0. The molecule has 2 heterocycles. The van der Waals surface area contributed by atoms with Crippen molar-refractivity contribution in [1.29, 1.82) is 0 Å². The molecule has 0 atom stereocenters. The molecule has 1 saturated heterocycles. The van der Waals surface area contributed by atoms with Crippen LogP contribution >= 0.6 is 0 Å². The van der Waals surface area contributed by atoms with Gasteiger partial charge in [-0.1, -0.05) is 29.8 Å². The molecule has 3 rings (SSSR count). The lowest BCUT2D eigenvalue weighted by Gasteiger charge is -2.33. The van der Waals surface area contributed by atoms with Crippen LogP contribution in [0.1, 0.15) is 16.1 Å². The third kappa shape index (κ3) is 4.06. The predicted octanol–water partition coefficient (Wildman–Crippen LogP) is 0.889. The Bertz CT molecular complexity index is 745. The maximum atomic E-state index is 12.6. The molecule has 7 heteroatoms. The molecule has 2 N–H and O–H groups in total. The summed E-state index contributed by atoms with van der Waals surface area (Å²) in [6.07, 6.45) is 0. The van der Waals surface area contributed by atoms with Crippen molar-refractivity contribution in [3.63, 3.8) is 0 Å². The Morgan fingerprint density at radius 3 is 2.48 bits per heavy atom. The minimum absolute atomic E-state index is 0.00363. The van der Waals surface area contributed by atoms with E-state index in [4.69, 9.17) is 0 Å². The summed E-state index contributed by atoms with van der Waals surface area (Å²) in [4.78, 5) is 27.9. The average molecular weight is 341 g/mol. The topological polar surface area (TPSA) is 81.3 Å². The first-order valence-corrected chi connectivity index (χ1v) is 8.41. The first-order chi connectivity index (χ1) is 12.1. The van der Waals surface area contributed by atoms with Crippen molar-refractivity contribution < 1.29 is 9.59 Å². The second kappa shape index (κ2) is 7.48. The summed E-state index contributed by atoms with van der Waals surface area (Å²) in [7, 11) is 1.63. The normalized spacial score (nSPS) is 15.2. The molecule has 0 radical (unpaired) electrons. The molecule has 1 aliphatic heterocycles. The van der Waals surface area contributed by atoms with E-state index < -0.39 is 0 Å². The third-order valence-electron chi connectivity index (χ3n) is 4.46. The lowest BCUT2D eigenvalue weighted by molar-refractivity contribution is -0.122. The van der Waals surface area contributed by atoms with Gasteiger partial charge in [-0.15, -0.1) is 0 Å². The van der Waals surface area contributed by atoms with Crippen LogP contribution in [0.2, 0.25) is 0 Å². The minimum Gasteiger partial charge on any atom is -0.358 e. The highest BCUT2D eigenvalue weighted by atomic mass is 16.2. The smallest absolute Gasteiger partial charge is 0.271 e. The van der Waals surface area contributed by atoms with Crippen LogP contribution in [0, 0.1) is 6.92 Å². The predicted molar refractivity (Wildman–Crippen MR) is 95.2 cm³/mol. The van der Waals surface area contributed by atoms with Gasteiger partial charge in [0, 0.05) is 38.8 Å². The summed E-state index contributed by atoms with van der Waals surface area (Å²) in [6.45, 7) is 5.01. The highest BCUT2D eigenvalue weighted by molar-refractivity contribution is 5.93. The van der Waals surface area contributed by atoms with Crippen LogP contribution in [0.25, 0.3) is 11.3 Å². The van der Waals surface area contributed by atoms with Gasteiger partial charge in [0.1, 0.15) is 5.69 Å². The number of likely N-dealkylation sites (N-methyl/N-ethyl adjacent to an activating group) is 1. The Balaban J connectivity index is 1.61. The SMILES string of the molecule is CNC(=O)CN1CCN(C(=O)c2cc(-c3ccc(C)cc3)n[nH]2)CC1. The molecule has 7 nitrogen and oxygen atoms in total. The molecule has 0 bridgehead atoms. The monoisotopic (exact) mass is 341 g/mol. The Kier molecular flexibility index (Phi) is 5.14. The first-order valence-electron chi connectivity index (χ1n) is 8.41. The van der Waals surface area contributed by atoms with Crippen LogP contribution in [-0.2, 0) is 4.79 Å². The highest BCUT2D eigenvalue weighted by Gasteiger charge is 2.24. The van der Waals surface area contributed by atoms with Gasteiger partial charge >= 0.3 is 0 Å². The number of hydrogen-bond acceptors (Lipinski definition) is 4. The molecule has 1 aromatic heterocycles. The van der Waals surface area contributed by atoms with Gasteiger partial charge in [0.25, 0.3) is 5.91 Å². The van der Waals surface area contributed by atoms with Crippen molar-refractivity contribution >= 4 is 11.8 Å². The molecule has 1 fully saturated rings. The van der Waals surface area contributed by atoms with Crippen molar-refractivity contribution in [2.75, 3.05) is 39.8 Å². The molecule has 0 saturated carbocycles. The lowest BCUT2D eigenvalue weighted by Crippen LogP contribution is -2.50. The van der Waals surface area contributed by atoms with E-state index in [9.17, 15) is 9.59 Å². The van der Waals surface area contributed by atoms with Gasteiger partial charge in [-0.05, 0) is 13.0 Å². The molecular weight excluding hydrogens is 318 g/mol. The summed E-state index contributed by atoms with van der Waals surface area (Å²) in [5.74, 6) is -0.0541. The summed E-state index contributed by atoms with van der Waals surface area (Å²) in [6, 6.07) is 9.84. The number of H-pyrrole nitrogens is 1. The van der Waals surface area contributed by atoms with E-state index >= 15 is 0 Å². The lowest BCUT2D eigenvalue weighted by atomic mass is 10.1. The molecule has 2 amide bonds. The Morgan fingerprint density at radius 2 is 1.84 bits per heavy atom. The third-order valence-corrected chi connectivity index (χ3v) is 4.46. The number of benzene rings is 1. The molecule has 0 spiro atoms. The fraction of sp³-hybridized carbons (Fsp3) is 0.389. The van der Waals surface area contributed by atoms with E-state index in [2.05, 4.69) is 15.5 Å². The van der Waals surface area contributed by atoms with Crippen LogP contribution in [-0.4, -0.2) is 71.6 Å². The Morgan fingerprint density at radius 1 is 1.16 bits per heavy atom. The summed E-state index contributed by atoms with van der Waals surface area (Å²) in [5.41, 5.74) is 3.43. The second-order valence-electron chi connectivity index (χ2n) is 6.27. The van der Waals surface area contributed by atoms with Gasteiger partial charge in [0.2, 0.25) is 5.91 Å². The van der Waals surface area contributed by atoms with Gasteiger partial charge in [-0.25, -0.2) is 0 Å². The van der Waals surface area contributed by atoms with Gasteiger partial charge < -0.3 is 10.2 Å². The van der Waals surface area contributed by atoms with E-state index in [1.165, 1.54) is 5.56 Å². The number of hydrogen-bond donors (Lipinski definition) is 2. The molecule has 2 aromatic rings. The largest absolute Gasteiger partial charge is 0.358 e. The summed E-state index contributed by atoms with van der Waals surface area (Å²) < 4.78 is 0. The Hall–Kier alpha value is -2.67. The number of nitrogens with one attached hydrogen (secondary N) is 2. The van der Waals surface area contributed by atoms with Gasteiger partial charge in [-0.2, -0.15) is 5.10 Å². The average Bonchev–Trinajstić information content (AvgIpc) is 3.12. The van der Waals surface area contributed by atoms with Crippen molar-refractivity contribution in [3.05, 3.63) is 41.6 Å². The molecule has 0 aliphatic carbocycles. The Labute approximate surface area is 147 Å². The standard InChI is InChI=1S/C18H23N5O2/c1-13-3-5-14(6-4-13)15-11-16(21-20-15)18(25)23-9-7-22(8-10-23)12-17(24)19-2/h3-6,11H,7-10,12H2,1-2H3,(H,19,24)(H,20,21). The number of amides is 2. The van der Waals surface area contributed by atoms with Gasteiger partial charge in [0.15, 0.2) is 0 Å². The van der Waals surface area contributed by atoms with E-state index in [0.717, 1.165) is 11.3 Å². The number of carbonyl (C=O) groups excluding carboxylic acids is 2. The number of rotatable bonds is 4. The number of carbonyl (C=O) groups is 2. The number of aryl methyl sites for hydroxylation is 1. The van der Waals surface area contributed by atoms with Crippen LogP contribution in [0.4, 0.5) is 0 Å². The highest BCUT2D eigenvalue weighted by Crippen LogP contribution is 2.19. The molecule has 1 aromatic carbocycles. The number of nitrogens with zero attached hydrogens (tertiary/aromatic N) is 3. The van der Waals surface area contributed by atoms with E-state index in [-0.39, 0.29) is 11.8 Å². The van der Waals surface area contributed by atoms with Crippen molar-refractivity contribution in [2.45, 2.75) is 6.92 Å². The maximum Gasteiger partial charge on any atom is 0.271 e. The van der Waals surface area contributed by atoms with E-state index in [1.54, 1.807) is 18.0 Å². The van der Waals surface area contributed by atoms with Crippen LogP contribution in [0.15, 0.2) is 30.3 Å². The zero-order chi connectivity index (χ0) is 17.8. The number of aromatic amines is 1. The molecular formula is C18H23N5O2. The van der Waals surface area contributed by atoms with Crippen LogP contribution in [0.3, 0.4) is 0 Å². The van der Waals surface area contributed by atoms with E-state index in [1.807, 2.05) is 36.1 Å². The second-order valence-corrected chi connectivity index (χ2v) is 6.27. The molecule has 1 aliphatic rings. The van der Waals surface area contributed by atoms with Crippen LogP contribution < -0.4 is 5.32 Å². The summed E-state index contributed by atoms with van der Waals surface area (Å²) in [5, 5.41) is 9.73. The fourth-order valence-corrected chi connectivity index (χ4v) is 2.87. The van der Waals surface area contributed by atoms with Gasteiger partial charge in [0.05, 0.1) is 12.2 Å². The fourth-order valence-electron chi connectivity index (χ4n) is 2.87. The molecule has 0 unspecified atom stereocenters. The zero-order valence-corrected chi connectivity index (χ0v) is 14.6. The number of piperazine rings is 1. The van der Waals surface area contributed by atoms with Crippen LogP contribution in [0.5, 0.6) is 0 Å². The molecule has 132 valence electrons. The maximum absolute atomic E-state index is 12.6. The van der Waals surface area contributed by atoms with E-state index in [0.29, 0.717) is 38.4 Å². The number of aromatic nitrogens is 2. The first kappa shape index (κ1) is 17.2. The zero-order valence-electron chi connectivity index (χ0n) is 14.6. The molecule has 25 heavy (non-hydrogen) atoms.